The molecule has 0 heterocycles. The van der Waals surface area contributed by atoms with Gasteiger partial charge in [0, 0.05) is 0 Å². The van der Waals surface area contributed by atoms with Crippen molar-refractivity contribution in [1.29, 1.82) is 0 Å². The second kappa shape index (κ2) is 37.1. The van der Waals surface area contributed by atoms with Gasteiger partial charge in [0.1, 0.15) is 0 Å². The maximum atomic E-state index is 3.50. The average molecular weight is 466 g/mol. The van der Waals surface area contributed by atoms with Crippen LogP contribution in [0.4, 0.5) is 0 Å². The Morgan fingerprint density at radius 2 is 0.800 bits per heavy atom. The first-order valence-electron chi connectivity index (χ1n) is 7.42. The third-order valence-corrected chi connectivity index (χ3v) is 2.13. The molecule has 0 saturated heterocycles. The predicted molar refractivity (Wildman–Crippen MR) is 93.4 cm³/mol. The summed E-state index contributed by atoms with van der Waals surface area (Å²) < 4.78 is 0. The molecule has 0 spiro atoms. The topological polar surface area (TPSA) is 28.2 Å². The second-order valence-corrected chi connectivity index (χ2v) is 7.39. The van der Waals surface area contributed by atoms with Crippen LogP contribution < -0.4 is 0 Å². The minimum absolute atomic E-state index is 0. The van der Waals surface area contributed by atoms with Gasteiger partial charge in [-0.1, -0.05) is 25.7 Å². The molecule has 2 aliphatic carbocycles. The first kappa shape index (κ1) is 29.6. The standard InChI is InChI=1S/2C5H9.2C2H6N.2CH3.Sn.Zr/c2*1-2-4-5-3-1;2*1-3-2;;;;/h2*1H,2-5H2;2*1-2H3;2*1H3;;/q4*-1;;;+2;+4. The maximum absolute atomic E-state index is 3.50. The van der Waals surface area contributed by atoms with E-state index < -0.39 is 0 Å². The Balaban J connectivity index is -0.0000000816. The maximum Gasteiger partial charge on any atom is 4.00 e. The molecule has 116 valence electrons. The summed E-state index contributed by atoms with van der Waals surface area (Å²) in [6.07, 6.45) is 16.0. The summed E-state index contributed by atoms with van der Waals surface area (Å²) in [6, 6.07) is 0. The molecule has 2 fully saturated rings. The van der Waals surface area contributed by atoms with E-state index in [1.807, 2.05) is 0 Å². The van der Waals surface area contributed by atoms with Crippen LogP contribution in [0.25, 0.3) is 10.6 Å². The van der Waals surface area contributed by atoms with Gasteiger partial charge in [0.25, 0.3) is 0 Å². The molecule has 2 aliphatic rings. The molecule has 0 aliphatic heterocycles. The third-order valence-electron chi connectivity index (χ3n) is 2.13. The molecule has 0 atom stereocenters. The SMILES string of the molecule is C[N-]C.C[N-]C.[CH-]1CCCC1.[CH-]1CCCC1.[CH3][Sn+2][CH3].[Zr+4]. The van der Waals surface area contributed by atoms with E-state index >= 15 is 0 Å². The molecule has 0 amide bonds. The predicted octanol–water partition coefficient (Wildman–Crippen LogP) is 5.55. The largest absolute Gasteiger partial charge is 4.00 e. The minimum Gasteiger partial charge on any atom is 4.00 e. The summed E-state index contributed by atoms with van der Waals surface area (Å²) in [6.45, 7) is 0. The van der Waals surface area contributed by atoms with Crippen molar-refractivity contribution in [3.63, 3.8) is 0 Å². The summed E-state index contributed by atoms with van der Waals surface area (Å²) in [7, 11) is 7.00. The Morgan fingerprint density at radius 1 is 0.650 bits per heavy atom. The molecular formula is C16H36N2SnZr+2. The van der Waals surface area contributed by atoms with Crippen molar-refractivity contribution >= 4 is 21.1 Å². The molecule has 2 saturated carbocycles. The molecule has 2 rings (SSSR count). The van der Waals surface area contributed by atoms with Gasteiger partial charge in [-0.15, -0.1) is 0 Å². The van der Waals surface area contributed by atoms with Crippen LogP contribution in [0.2, 0.25) is 9.88 Å². The molecule has 0 bridgehead atoms. The van der Waals surface area contributed by atoms with Crippen LogP contribution in [-0.4, -0.2) is 49.3 Å². The van der Waals surface area contributed by atoms with Crippen LogP contribution >= 0.6 is 0 Å². The zero-order chi connectivity index (χ0) is 15.2. The minimum atomic E-state index is 0. The number of nitrogens with zero attached hydrogens (tertiary/aromatic N) is 2. The van der Waals surface area contributed by atoms with Crippen molar-refractivity contribution in [1.82, 2.24) is 0 Å². The molecule has 0 aromatic rings. The molecule has 0 N–H and O–H groups in total. The van der Waals surface area contributed by atoms with Crippen LogP contribution in [0.15, 0.2) is 0 Å². The fourth-order valence-electron chi connectivity index (χ4n) is 1.44. The van der Waals surface area contributed by atoms with E-state index in [4.69, 9.17) is 0 Å². The van der Waals surface area contributed by atoms with Crippen LogP contribution in [0, 0.1) is 12.8 Å². The smallest absolute Gasteiger partial charge is 4.00 e. The van der Waals surface area contributed by atoms with Crippen molar-refractivity contribution in [2.45, 2.75) is 61.2 Å². The normalized spacial score (nSPS) is 14.3. The fourth-order valence-corrected chi connectivity index (χ4v) is 1.44. The van der Waals surface area contributed by atoms with Gasteiger partial charge in [0.05, 0.1) is 0 Å². The second-order valence-electron chi connectivity index (χ2n) is 4.54. The first-order chi connectivity index (χ1) is 9.24. The molecule has 0 aromatic carbocycles. The number of rotatable bonds is 0. The van der Waals surface area contributed by atoms with Gasteiger partial charge >= 0.3 is 57.2 Å². The van der Waals surface area contributed by atoms with Gasteiger partial charge in [-0.05, 0) is 0 Å². The molecule has 4 heteroatoms. The van der Waals surface area contributed by atoms with Crippen LogP contribution in [-0.2, 0) is 26.2 Å². The van der Waals surface area contributed by atoms with E-state index in [0.29, 0.717) is 0 Å². The fraction of sp³-hybridized carbons (Fsp3) is 0.875. The van der Waals surface area contributed by atoms with Gasteiger partial charge in [-0.25, -0.2) is 0 Å². The number of hydrogen-bond acceptors (Lipinski definition) is 0. The molecule has 2 nitrogen and oxygen atoms in total. The Labute approximate surface area is 159 Å². The molecule has 0 radical (unpaired) electrons. The van der Waals surface area contributed by atoms with Crippen LogP contribution in [0.3, 0.4) is 0 Å². The molecule has 20 heavy (non-hydrogen) atoms. The van der Waals surface area contributed by atoms with Crippen molar-refractivity contribution < 1.29 is 26.2 Å². The summed E-state index contributed by atoms with van der Waals surface area (Å²) in [5, 5.41) is 7.00. The third kappa shape index (κ3) is 50.4. The van der Waals surface area contributed by atoms with E-state index in [1.165, 1.54) is 51.4 Å². The van der Waals surface area contributed by atoms with Gasteiger partial charge in [0.2, 0.25) is 0 Å². The van der Waals surface area contributed by atoms with E-state index in [1.54, 1.807) is 28.2 Å². The summed E-state index contributed by atoms with van der Waals surface area (Å²) in [5.41, 5.74) is 0. The van der Waals surface area contributed by atoms with Crippen molar-refractivity contribution in [3.05, 3.63) is 23.5 Å². The average Bonchev–Trinajstić information content (AvgIpc) is 3.11. The summed E-state index contributed by atoms with van der Waals surface area (Å²) >= 11 is 0.230. The first-order valence-corrected chi connectivity index (χ1v) is 13.1. The van der Waals surface area contributed by atoms with Crippen molar-refractivity contribution in [2.24, 2.45) is 0 Å². The van der Waals surface area contributed by atoms with Crippen molar-refractivity contribution in [3.8, 4) is 0 Å². The van der Waals surface area contributed by atoms with Gasteiger partial charge in [-0.2, -0.15) is 53.9 Å². The van der Waals surface area contributed by atoms with Crippen LogP contribution in [0.5, 0.6) is 0 Å². The van der Waals surface area contributed by atoms with E-state index in [0.717, 1.165) is 0 Å². The molecule has 0 aromatic heterocycles. The summed E-state index contributed by atoms with van der Waals surface area (Å²) in [4.78, 5) is 4.59. The quantitative estimate of drug-likeness (QED) is 0.331. The molecular weight excluding hydrogens is 430 g/mol. The van der Waals surface area contributed by atoms with E-state index in [-0.39, 0.29) is 47.3 Å². The number of hydrogen-bond donors (Lipinski definition) is 0. The Bertz CT molecular complexity index is 78.7. The monoisotopic (exact) mass is 466 g/mol. The zero-order valence-corrected chi connectivity index (χ0v) is 20.0. The Morgan fingerprint density at radius 3 is 0.850 bits per heavy atom. The van der Waals surface area contributed by atoms with E-state index in [2.05, 4.69) is 33.4 Å². The van der Waals surface area contributed by atoms with Crippen LogP contribution in [0.1, 0.15) is 51.4 Å². The zero-order valence-electron chi connectivity index (χ0n) is 14.7. The van der Waals surface area contributed by atoms with E-state index in [9.17, 15) is 0 Å². The Hall–Kier alpha value is 1.60. The van der Waals surface area contributed by atoms with Gasteiger partial charge in [0.15, 0.2) is 0 Å². The Kier molecular flexibility index (Phi) is 54.9. The molecule has 0 unspecified atom stereocenters. The van der Waals surface area contributed by atoms with Gasteiger partial charge in [-0.3, -0.25) is 0 Å². The summed E-state index contributed by atoms with van der Waals surface area (Å²) in [5.74, 6) is 0. The van der Waals surface area contributed by atoms with Crippen molar-refractivity contribution in [2.75, 3.05) is 28.2 Å². The van der Waals surface area contributed by atoms with Gasteiger partial charge < -0.3 is 23.5 Å².